The van der Waals surface area contributed by atoms with Gasteiger partial charge in [0.2, 0.25) is 0 Å². The fourth-order valence-electron chi connectivity index (χ4n) is 5.60. The predicted molar refractivity (Wildman–Crippen MR) is 95.4 cm³/mol. The maximum absolute atomic E-state index is 13.1. The van der Waals surface area contributed by atoms with E-state index in [0.717, 1.165) is 25.7 Å². The Labute approximate surface area is 160 Å². The lowest BCUT2D eigenvalue weighted by molar-refractivity contribution is -0.177. The van der Waals surface area contributed by atoms with Crippen molar-refractivity contribution in [1.82, 2.24) is 0 Å². The molecule has 6 nitrogen and oxygen atoms in total. The number of ether oxygens (including phenoxy) is 3. The van der Waals surface area contributed by atoms with Gasteiger partial charge in [-0.2, -0.15) is 0 Å². The molecule has 4 rings (SSSR count). The van der Waals surface area contributed by atoms with E-state index in [9.17, 15) is 14.4 Å². The van der Waals surface area contributed by atoms with Gasteiger partial charge in [0.25, 0.3) is 0 Å². The molecule has 7 atom stereocenters. The third kappa shape index (κ3) is 3.05. The molecule has 1 heterocycles. The van der Waals surface area contributed by atoms with Crippen molar-refractivity contribution < 1.29 is 28.6 Å². The molecule has 3 saturated carbocycles. The van der Waals surface area contributed by atoms with E-state index in [2.05, 4.69) is 0 Å². The van der Waals surface area contributed by atoms with Crippen molar-refractivity contribution in [1.29, 1.82) is 0 Å². The van der Waals surface area contributed by atoms with E-state index in [0.29, 0.717) is 12.8 Å². The summed E-state index contributed by atoms with van der Waals surface area (Å²) in [5.74, 6) is -2.31. The Hall–Kier alpha value is -1.59. The maximum Gasteiger partial charge on any atom is 0.310 e. The number of hydrogen-bond donors (Lipinski definition) is 0. The first-order valence-corrected chi connectivity index (χ1v) is 10.5. The zero-order chi connectivity index (χ0) is 19.3. The van der Waals surface area contributed by atoms with E-state index >= 15 is 0 Å². The van der Waals surface area contributed by atoms with Crippen molar-refractivity contribution >= 4 is 17.9 Å². The molecule has 27 heavy (non-hydrogen) atoms. The first-order valence-electron chi connectivity index (χ1n) is 10.5. The monoisotopic (exact) mass is 378 g/mol. The van der Waals surface area contributed by atoms with Gasteiger partial charge in [0, 0.05) is 11.8 Å². The quantitative estimate of drug-likeness (QED) is 0.540. The van der Waals surface area contributed by atoms with Crippen LogP contribution in [0, 0.1) is 29.6 Å². The second-order valence-corrected chi connectivity index (χ2v) is 9.16. The predicted octanol–water partition coefficient (Wildman–Crippen LogP) is 3.02. The number of rotatable bonds is 5. The summed E-state index contributed by atoms with van der Waals surface area (Å²) >= 11 is 0. The van der Waals surface area contributed by atoms with Gasteiger partial charge in [-0.25, -0.2) is 0 Å². The van der Waals surface area contributed by atoms with Crippen molar-refractivity contribution in [3.63, 3.8) is 0 Å². The fourth-order valence-corrected chi connectivity index (χ4v) is 5.60. The normalized spacial score (nSPS) is 39.7. The summed E-state index contributed by atoms with van der Waals surface area (Å²) in [5.41, 5.74) is -0.442. The minimum atomic E-state index is -0.547. The average molecular weight is 378 g/mol. The van der Waals surface area contributed by atoms with E-state index in [4.69, 9.17) is 14.2 Å². The molecule has 0 radical (unpaired) electrons. The molecular formula is C21H30O6. The number of hydrogen-bond acceptors (Lipinski definition) is 6. The lowest BCUT2D eigenvalue weighted by atomic mass is 9.78. The first kappa shape index (κ1) is 18.8. The molecular weight excluding hydrogens is 348 g/mol. The Morgan fingerprint density at radius 1 is 1.22 bits per heavy atom. The number of esters is 3. The molecule has 6 heteroatoms. The Kier molecular flexibility index (Phi) is 4.71. The summed E-state index contributed by atoms with van der Waals surface area (Å²) in [6, 6.07) is 0. The Morgan fingerprint density at radius 2 is 1.93 bits per heavy atom. The summed E-state index contributed by atoms with van der Waals surface area (Å²) in [5, 5.41) is 0. The highest BCUT2D eigenvalue weighted by molar-refractivity contribution is 5.86. The largest absolute Gasteiger partial charge is 0.459 e. The van der Waals surface area contributed by atoms with Gasteiger partial charge < -0.3 is 14.2 Å². The second kappa shape index (κ2) is 6.78. The smallest absolute Gasteiger partial charge is 0.310 e. The number of carbonyl (C=O) groups is 3. The Balaban J connectivity index is 1.52. The lowest BCUT2D eigenvalue weighted by Crippen LogP contribution is -2.46. The van der Waals surface area contributed by atoms with Crippen LogP contribution >= 0.6 is 0 Å². The molecule has 4 fully saturated rings. The molecule has 0 aromatic carbocycles. The van der Waals surface area contributed by atoms with Crippen molar-refractivity contribution in [3.8, 4) is 0 Å². The fraction of sp³-hybridized carbons (Fsp3) is 0.857. The summed E-state index contributed by atoms with van der Waals surface area (Å²) < 4.78 is 17.2. The standard InChI is InChI=1S/C21H30O6/c1-4-11(2)18(22)25-16-13-10-12-14(19(23)26-17(12)16)15(13)20(24)27-21(3)8-6-5-7-9-21/h11-17H,4-10H2,1-3H3. The third-order valence-electron chi connectivity index (χ3n) is 7.34. The average Bonchev–Trinajstić information content (AvgIpc) is 3.24. The van der Waals surface area contributed by atoms with E-state index in [1.54, 1.807) is 0 Å². The zero-order valence-corrected chi connectivity index (χ0v) is 16.4. The molecule has 0 N–H and O–H groups in total. The van der Waals surface area contributed by atoms with Gasteiger partial charge in [0.15, 0.2) is 0 Å². The molecule has 0 aromatic rings. The van der Waals surface area contributed by atoms with Gasteiger partial charge in [0.1, 0.15) is 17.8 Å². The van der Waals surface area contributed by atoms with Crippen LogP contribution in [0.15, 0.2) is 0 Å². The van der Waals surface area contributed by atoms with E-state index in [-0.39, 0.29) is 35.7 Å². The van der Waals surface area contributed by atoms with Crippen LogP contribution in [0.3, 0.4) is 0 Å². The first-order chi connectivity index (χ1) is 12.8. The number of carbonyl (C=O) groups excluding carboxylic acids is 3. The SMILES string of the molecule is CCC(C)C(=O)OC1C2CC3C1OC(=O)C3C2C(=O)OC1(C)CCCCC1. The molecule has 0 spiro atoms. The van der Waals surface area contributed by atoms with Crippen LogP contribution in [0.5, 0.6) is 0 Å². The minimum absolute atomic E-state index is 0.0334. The van der Waals surface area contributed by atoms with Crippen LogP contribution in [0.4, 0.5) is 0 Å². The summed E-state index contributed by atoms with van der Waals surface area (Å²) in [7, 11) is 0. The molecule has 150 valence electrons. The van der Waals surface area contributed by atoms with Crippen LogP contribution in [0.2, 0.25) is 0 Å². The maximum atomic E-state index is 13.1. The van der Waals surface area contributed by atoms with Gasteiger partial charge in [-0.05, 0) is 45.4 Å². The van der Waals surface area contributed by atoms with Gasteiger partial charge in [0.05, 0.1) is 17.8 Å². The zero-order valence-electron chi connectivity index (χ0n) is 16.4. The molecule has 0 amide bonds. The molecule has 7 unspecified atom stereocenters. The Morgan fingerprint density at radius 3 is 2.59 bits per heavy atom. The number of fused-ring (bicyclic) bond motifs is 1. The van der Waals surface area contributed by atoms with Crippen LogP contribution < -0.4 is 0 Å². The molecule has 3 aliphatic carbocycles. The van der Waals surface area contributed by atoms with Crippen LogP contribution in [-0.4, -0.2) is 35.7 Å². The molecule has 0 aromatic heterocycles. The van der Waals surface area contributed by atoms with E-state index < -0.39 is 29.6 Å². The van der Waals surface area contributed by atoms with Crippen LogP contribution in [0.25, 0.3) is 0 Å². The van der Waals surface area contributed by atoms with E-state index in [1.165, 1.54) is 6.42 Å². The van der Waals surface area contributed by atoms with Crippen LogP contribution in [-0.2, 0) is 28.6 Å². The molecule has 2 bridgehead atoms. The molecule has 1 saturated heterocycles. The highest BCUT2D eigenvalue weighted by Crippen LogP contribution is 2.59. The van der Waals surface area contributed by atoms with Crippen molar-refractivity contribution in [2.75, 3.05) is 0 Å². The minimum Gasteiger partial charge on any atom is -0.459 e. The topological polar surface area (TPSA) is 78.9 Å². The van der Waals surface area contributed by atoms with Crippen molar-refractivity contribution in [2.45, 2.75) is 83.5 Å². The van der Waals surface area contributed by atoms with Gasteiger partial charge in [-0.15, -0.1) is 0 Å². The summed E-state index contributed by atoms with van der Waals surface area (Å²) in [4.78, 5) is 37.9. The highest BCUT2D eigenvalue weighted by Gasteiger charge is 2.70. The van der Waals surface area contributed by atoms with Crippen molar-refractivity contribution in [3.05, 3.63) is 0 Å². The Bertz CT molecular complexity index is 637. The van der Waals surface area contributed by atoms with Gasteiger partial charge in [-0.3, -0.25) is 14.4 Å². The summed E-state index contributed by atoms with van der Waals surface area (Å²) in [6.45, 7) is 5.76. The molecule has 1 aliphatic heterocycles. The van der Waals surface area contributed by atoms with Gasteiger partial charge in [-0.1, -0.05) is 20.3 Å². The third-order valence-corrected chi connectivity index (χ3v) is 7.34. The van der Waals surface area contributed by atoms with Crippen molar-refractivity contribution in [2.24, 2.45) is 29.6 Å². The highest BCUT2D eigenvalue weighted by atomic mass is 16.6. The lowest BCUT2D eigenvalue weighted by Gasteiger charge is -2.36. The van der Waals surface area contributed by atoms with Gasteiger partial charge >= 0.3 is 17.9 Å². The molecule has 4 aliphatic rings. The second-order valence-electron chi connectivity index (χ2n) is 9.16. The van der Waals surface area contributed by atoms with Crippen LogP contribution in [0.1, 0.15) is 65.7 Å². The van der Waals surface area contributed by atoms with E-state index in [1.807, 2.05) is 20.8 Å². The summed E-state index contributed by atoms with van der Waals surface area (Å²) in [6.07, 6.45) is 5.49.